The van der Waals surface area contributed by atoms with Crippen LogP contribution in [0.4, 0.5) is 0 Å². The Bertz CT molecular complexity index is 1380. The number of thiophene rings is 1. The fourth-order valence-electron chi connectivity index (χ4n) is 3.46. The van der Waals surface area contributed by atoms with E-state index in [0.717, 1.165) is 29.3 Å². The number of carbonyl (C=O) groups excluding carboxylic acids is 2. The standard InChI is InChI=1S/C28H25ClN2O4S/c1-2-3-8-19-13-15-21(16-14-19)34-18-25(32)31-30-17-20-9-4-6-11-23(20)35-28(33)27-26(29)22-10-5-7-12-24(22)36-27/h4-7,9-17H,2-3,8,18H2,1H3,(H,31,32)/b30-17+. The number of carbonyl (C=O) groups is 2. The summed E-state index contributed by atoms with van der Waals surface area (Å²) in [5.74, 6) is -0.0481. The van der Waals surface area contributed by atoms with Crippen LogP contribution in [0, 0.1) is 0 Å². The molecule has 0 radical (unpaired) electrons. The van der Waals surface area contributed by atoms with Crippen LogP contribution in [-0.2, 0) is 11.2 Å². The van der Waals surface area contributed by atoms with Gasteiger partial charge in [0.2, 0.25) is 0 Å². The third-order valence-electron chi connectivity index (χ3n) is 5.35. The van der Waals surface area contributed by atoms with Crippen LogP contribution < -0.4 is 14.9 Å². The van der Waals surface area contributed by atoms with Crippen molar-refractivity contribution in [2.24, 2.45) is 5.10 Å². The molecule has 0 fully saturated rings. The summed E-state index contributed by atoms with van der Waals surface area (Å²) in [5.41, 5.74) is 4.19. The second-order valence-electron chi connectivity index (χ2n) is 8.00. The van der Waals surface area contributed by atoms with E-state index >= 15 is 0 Å². The summed E-state index contributed by atoms with van der Waals surface area (Å²) in [4.78, 5) is 25.3. The molecule has 36 heavy (non-hydrogen) atoms. The molecular weight excluding hydrogens is 496 g/mol. The topological polar surface area (TPSA) is 77.0 Å². The Morgan fingerprint density at radius 1 is 1.03 bits per heavy atom. The number of rotatable bonds is 10. The number of hydrogen-bond acceptors (Lipinski definition) is 6. The Balaban J connectivity index is 1.33. The minimum atomic E-state index is -0.555. The summed E-state index contributed by atoms with van der Waals surface area (Å²) < 4.78 is 12.0. The van der Waals surface area contributed by atoms with Gasteiger partial charge in [-0.15, -0.1) is 11.3 Å². The van der Waals surface area contributed by atoms with Gasteiger partial charge in [0, 0.05) is 15.6 Å². The van der Waals surface area contributed by atoms with Crippen molar-refractivity contribution in [3.63, 3.8) is 0 Å². The predicted octanol–water partition coefficient (Wildman–Crippen LogP) is 6.65. The maximum atomic E-state index is 12.8. The number of halogens is 1. The number of unbranched alkanes of at least 4 members (excludes halogenated alkanes) is 1. The van der Waals surface area contributed by atoms with Crippen molar-refractivity contribution in [3.8, 4) is 11.5 Å². The molecule has 184 valence electrons. The lowest BCUT2D eigenvalue weighted by Gasteiger charge is -2.07. The lowest BCUT2D eigenvalue weighted by molar-refractivity contribution is -0.123. The van der Waals surface area contributed by atoms with Gasteiger partial charge in [-0.2, -0.15) is 5.10 Å². The number of para-hydroxylation sites is 1. The van der Waals surface area contributed by atoms with Crippen molar-refractivity contribution in [2.75, 3.05) is 6.61 Å². The van der Waals surface area contributed by atoms with Gasteiger partial charge >= 0.3 is 5.97 Å². The van der Waals surface area contributed by atoms with E-state index in [-0.39, 0.29) is 6.61 Å². The Morgan fingerprint density at radius 3 is 2.56 bits per heavy atom. The molecule has 1 N–H and O–H groups in total. The maximum Gasteiger partial charge on any atom is 0.355 e. The number of ether oxygens (including phenoxy) is 2. The number of aryl methyl sites for hydroxylation is 1. The molecule has 1 heterocycles. The van der Waals surface area contributed by atoms with E-state index in [1.807, 2.05) is 48.5 Å². The van der Waals surface area contributed by atoms with Gasteiger partial charge in [0.15, 0.2) is 6.61 Å². The first-order valence-electron chi connectivity index (χ1n) is 11.6. The third kappa shape index (κ3) is 6.50. The molecule has 1 amide bonds. The number of esters is 1. The third-order valence-corrected chi connectivity index (χ3v) is 7.00. The number of benzene rings is 3. The van der Waals surface area contributed by atoms with Crippen molar-refractivity contribution in [3.05, 3.63) is 93.8 Å². The molecule has 6 nitrogen and oxygen atoms in total. The highest BCUT2D eigenvalue weighted by molar-refractivity contribution is 7.21. The van der Waals surface area contributed by atoms with Crippen molar-refractivity contribution >= 4 is 51.1 Å². The summed E-state index contributed by atoms with van der Waals surface area (Å²) in [7, 11) is 0. The monoisotopic (exact) mass is 520 g/mol. The van der Waals surface area contributed by atoms with Gasteiger partial charge < -0.3 is 9.47 Å². The van der Waals surface area contributed by atoms with Crippen molar-refractivity contribution < 1.29 is 19.1 Å². The maximum absolute atomic E-state index is 12.8. The normalized spacial score (nSPS) is 11.1. The van der Waals surface area contributed by atoms with E-state index in [0.29, 0.717) is 27.0 Å². The SMILES string of the molecule is CCCCc1ccc(OCC(=O)N/N=C/c2ccccc2OC(=O)c2sc3ccccc3c2Cl)cc1. The summed E-state index contributed by atoms with van der Waals surface area (Å²) >= 11 is 7.68. The molecule has 4 aromatic rings. The van der Waals surface area contributed by atoms with Crippen molar-refractivity contribution in [1.29, 1.82) is 0 Å². The first kappa shape index (κ1) is 25.4. The average Bonchev–Trinajstić information content (AvgIpc) is 3.24. The highest BCUT2D eigenvalue weighted by Crippen LogP contribution is 2.36. The van der Waals surface area contributed by atoms with Gasteiger partial charge in [0.25, 0.3) is 5.91 Å². The Labute approximate surface area is 218 Å². The van der Waals surface area contributed by atoms with Crippen LogP contribution in [0.1, 0.15) is 40.6 Å². The number of amides is 1. The van der Waals surface area contributed by atoms with E-state index in [2.05, 4.69) is 17.5 Å². The summed E-state index contributed by atoms with van der Waals surface area (Å²) in [5, 5.41) is 5.15. The summed E-state index contributed by atoms with van der Waals surface area (Å²) in [6, 6.07) is 22.1. The fraction of sp³-hybridized carbons (Fsp3) is 0.179. The van der Waals surface area contributed by atoms with Gasteiger partial charge in [-0.3, -0.25) is 4.79 Å². The van der Waals surface area contributed by atoms with Gasteiger partial charge in [-0.25, -0.2) is 10.2 Å². The number of nitrogens with one attached hydrogen (secondary N) is 1. The van der Waals surface area contributed by atoms with E-state index in [4.69, 9.17) is 21.1 Å². The number of fused-ring (bicyclic) bond motifs is 1. The lowest BCUT2D eigenvalue weighted by atomic mass is 10.1. The van der Waals surface area contributed by atoms with E-state index in [1.54, 1.807) is 24.3 Å². The van der Waals surface area contributed by atoms with Gasteiger partial charge in [0.1, 0.15) is 16.4 Å². The van der Waals surface area contributed by atoms with E-state index in [9.17, 15) is 9.59 Å². The minimum Gasteiger partial charge on any atom is -0.484 e. The second-order valence-corrected chi connectivity index (χ2v) is 9.43. The summed E-state index contributed by atoms with van der Waals surface area (Å²) in [6.07, 6.45) is 4.73. The molecule has 0 aliphatic rings. The zero-order valence-corrected chi connectivity index (χ0v) is 21.3. The Hall–Kier alpha value is -3.68. The van der Waals surface area contributed by atoms with Gasteiger partial charge in [-0.1, -0.05) is 67.4 Å². The molecule has 0 bridgehead atoms. The fourth-order valence-corrected chi connectivity index (χ4v) is 4.84. The van der Waals surface area contributed by atoms with Crippen LogP contribution >= 0.6 is 22.9 Å². The largest absolute Gasteiger partial charge is 0.484 e. The molecular formula is C28H25ClN2O4S. The molecule has 3 aromatic carbocycles. The molecule has 0 aliphatic carbocycles. The smallest absolute Gasteiger partial charge is 0.355 e. The van der Waals surface area contributed by atoms with Crippen LogP contribution in [0.25, 0.3) is 10.1 Å². The molecule has 0 atom stereocenters. The van der Waals surface area contributed by atoms with Crippen LogP contribution in [-0.4, -0.2) is 24.7 Å². The molecule has 0 unspecified atom stereocenters. The molecule has 0 saturated carbocycles. The highest BCUT2D eigenvalue weighted by Gasteiger charge is 2.19. The van der Waals surface area contributed by atoms with E-state index < -0.39 is 11.9 Å². The average molecular weight is 521 g/mol. The van der Waals surface area contributed by atoms with Gasteiger partial charge in [-0.05, 0) is 48.7 Å². The van der Waals surface area contributed by atoms with E-state index in [1.165, 1.54) is 23.1 Å². The summed E-state index contributed by atoms with van der Waals surface area (Å²) in [6.45, 7) is 1.99. The van der Waals surface area contributed by atoms with Crippen molar-refractivity contribution in [1.82, 2.24) is 5.43 Å². The second kappa shape index (κ2) is 12.3. The molecule has 8 heteroatoms. The minimum absolute atomic E-state index is 0.174. The molecule has 0 aliphatic heterocycles. The number of hydrazone groups is 1. The quantitative estimate of drug-likeness (QED) is 0.110. The zero-order chi connectivity index (χ0) is 25.3. The van der Waals surface area contributed by atoms with Gasteiger partial charge in [0.05, 0.1) is 11.2 Å². The molecule has 0 spiro atoms. The molecule has 0 saturated heterocycles. The predicted molar refractivity (Wildman–Crippen MR) is 145 cm³/mol. The first-order valence-corrected chi connectivity index (χ1v) is 12.8. The van der Waals surface area contributed by atoms with Crippen LogP contribution in [0.5, 0.6) is 11.5 Å². The highest BCUT2D eigenvalue weighted by atomic mass is 35.5. The molecule has 1 aromatic heterocycles. The lowest BCUT2D eigenvalue weighted by Crippen LogP contribution is -2.24. The van der Waals surface area contributed by atoms with Crippen LogP contribution in [0.2, 0.25) is 5.02 Å². The van der Waals surface area contributed by atoms with Crippen molar-refractivity contribution in [2.45, 2.75) is 26.2 Å². The Morgan fingerprint density at radius 2 is 1.78 bits per heavy atom. The zero-order valence-electron chi connectivity index (χ0n) is 19.7. The number of nitrogens with zero attached hydrogens (tertiary/aromatic N) is 1. The number of hydrogen-bond donors (Lipinski definition) is 1. The first-order chi connectivity index (χ1) is 17.5. The molecule has 4 rings (SSSR count). The Kier molecular flexibility index (Phi) is 8.71. The van der Waals surface area contributed by atoms with Crippen LogP contribution in [0.3, 0.4) is 0 Å². The van der Waals surface area contributed by atoms with Crippen LogP contribution in [0.15, 0.2) is 77.9 Å².